The quantitative estimate of drug-likeness (QED) is 0.305. The lowest BCUT2D eigenvalue weighted by Gasteiger charge is -2.32. The normalized spacial score (nSPS) is 13.6. The molecule has 0 aliphatic carbocycles. The van der Waals surface area contributed by atoms with Gasteiger partial charge in [0, 0.05) is 36.7 Å². The maximum Gasteiger partial charge on any atom is 0.337 e. The Labute approximate surface area is 238 Å². The second-order valence-electron chi connectivity index (χ2n) is 9.92. The number of hydrogen-bond donors (Lipinski definition) is 2. The smallest absolute Gasteiger partial charge is 0.337 e. The summed E-state index contributed by atoms with van der Waals surface area (Å²) >= 11 is 0. The van der Waals surface area contributed by atoms with Crippen LogP contribution in [0.1, 0.15) is 33.6 Å². The fourth-order valence-electron chi connectivity index (χ4n) is 5.01. The van der Waals surface area contributed by atoms with Crippen molar-refractivity contribution in [2.45, 2.75) is 12.8 Å². The summed E-state index contributed by atoms with van der Waals surface area (Å²) in [5, 5.41) is 3.80. The van der Waals surface area contributed by atoms with Gasteiger partial charge in [-0.25, -0.2) is 9.78 Å². The van der Waals surface area contributed by atoms with E-state index >= 15 is 0 Å². The van der Waals surface area contributed by atoms with Crippen LogP contribution in [0.2, 0.25) is 0 Å². The highest BCUT2D eigenvalue weighted by atomic mass is 16.5. The topological polar surface area (TPSA) is 129 Å². The Hall–Kier alpha value is -4.86. The van der Waals surface area contributed by atoms with Gasteiger partial charge in [-0.1, -0.05) is 24.3 Å². The number of nitrogens with zero attached hydrogens (tertiary/aromatic N) is 3. The van der Waals surface area contributed by atoms with Gasteiger partial charge >= 0.3 is 5.97 Å². The Morgan fingerprint density at radius 2 is 1.46 bits per heavy atom. The average Bonchev–Trinajstić information content (AvgIpc) is 3.03. The largest absolute Gasteiger partial charge is 0.493 e. The summed E-state index contributed by atoms with van der Waals surface area (Å²) in [5.41, 5.74) is 9.97. The maximum absolute atomic E-state index is 12.8. The average molecular weight is 556 g/mol. The molecule has 4 aromatic rings. The van der Waals surface area contributed by atoms with Crippen LogP contribution >= 0.6 is 0 Å². The predicted molar refractivity (Wildman–Crippen MR) is 158 cm³/mol. The Balaban J connectivity index is 1.15. The molecule has 10 heteroatoms. The summed E-state index contributed by atoms with van der Waals surface area (Å²) in [6, 6.07) is 18.2. The van der Waals surface area contributed by atoms with Crippen molar-refractivity contribution >= 4 is 34.5 Å². The third-order valence-electron chi connectivity index (χ3n) is 7.45. The van der Waals surface area contributed by atoms with Gasteiger partial charge in [0.2, 0.25) is 5.95 Å². The van der Waals surface area contributed by atoms with Crippen LogP contribution in [0.15, 0.2) is 60.7 Å². The van der Waals surface area contributed by atoms with E-state index in [9.17, 15) is 9.59 Å². The van der Waals surface area contributed by atoms with Crippen molar-refractivity contribution in [3.8, 4) is 22.6 Å². The SMILES string of the molecule is COC(=O)c1ccc(-c2ccc(C(=O)NCC3CCN(c4nc(N)c5cc(OC)c(OC)cc5n4)CC3)cc2)cc1. The van der Waals surface area contributed by atoms with Crippen LogP contribution in [-0.4, -0.2) is 62.8 Å². The summed E-state index contributed by atoms with van der Waals surface area (Å²) in [7, 11) is 4.52. The molecular weight excluding hydrogens is 522 g/mol. The summed E-state index contributed by atoms with van der Waals surface area (Å²) in [6.45, 7) is 2.13. The molecule has 3 aromatic carbocycles. The van der Waals surface area contributed by atoms with Gasteiger partial charge < -0.3 is 30.2 Å². The van der Waals surface area contributed by atoms with Crippen molar-refractivity contribution < 1.29 is 23.8 Å². The monoisotopic (exact) mass is 555 g/mol. The molecule has 41 heavy (non-hydrogen) atoms. The van der Waals surface area contributed by atoms with Crippen LogP contribution in [-0.2, 0) is 4.74 Å². The van der Waals surface area contributed by atoms with Gasteiger partial charge in [-0.2, -0.15) is 4.98 Å². The first-order valence-electron chi connectivity index (χ1n) is 13.4. The molecule has 212 valence electrons. The van der Waals surface area contributed by atoms with Gasteiger partial charge in [0.15, 0.2) is 11.5 Å². The first kappa shape index (κ1) is 27.7. The summed E-state index contributed by atoms with van der Waals surface area (Å²) in [6.07, 6.45) is 1.79. The zero-order chi connectivity index (χ0) is 28.9. The van der Waals surface area contributed by atoms with Gasteiger partial charge in [0.25, 0.3) is 5.91 Å². The van der Waals surface area contributed by atoms with Crippen LogP contribution in [0.4, 0.5) is 11.8 Å². The molecular formula is C31H33N5O5. The fraction of sp³-hybridized carbons (Fsp3) is 0.290. The molecule has 3 N–H and O–H groups in total. The number of aromatic nitrogens is 2. The second-order valence-corrected chi connectivity index (χ2v) is 9.92. The standard InChI is InChI=1S/C31H33N5O5/c1-39-26-16-24-25(17-27(26)40-2)34-31(35-28(24)32)36-14-12-19(13-15-36)18-33-29(37)22-8-4-20(5-9-22)21-6-10-23(11-7-21)30(38)41-3/h4-11,16-17,19H,12-15,18H2,1-3H3,(H,33,37)(H2,32,34,35). The molecule has 1 aliphatic heterocycles. The first-order valence-corrected chi connectivity index (χ1v) is 13.4. The number of benzene rings is 3. The molecule has 5 rings (SSSR count). The van der Waals surface area contributed by atoms with E-state index in [0.29, 0.717) is 57.8 Å². The van der Waals surface area contributed by atoms with E-state index in [1.54, 1.807) is 32.4 Å². The van der Waals surface area contributed by atoms with Crippen LogP contribution in [0.5, 0.6) is 11.5 Å². The van der Waals surface area contributed by atoms with E-state index in [4.69, 9.17) is 24.9 Å². The van der Waals surface area contributed by atoms with E-state index in [0.717, 1.165) is 37.1 Å². The lowest BCUT2D eigenvalue weighted by molar-refractivity contribution is 0.0600. The highest BCUT2D eigenvalue weighted by Crippen LogP contribution is 2.34. The first-order chi connectivity index (χ1) is 19.9. The van der Waals surface area contributed by atoms with E-state index in [1.807, 2.05) is 42.5 Å². The number of piperidine rings is 1. The van der Waals surface area contributed by atoms with Crippen molar-refractivity contribution in [1.82, 2.24) is 15.3 Å². The van der Waals surface area contributed by atoms with Crippen LogP contribution in [0, 0.1) is 5.92 Å². The highest BCUT2D eigenvalue weighted by molar-refractivity contribution is 5.95. The number of hydrogen-bond acceptors (Lipinski definition) is 9. The van der Waals surface area contributed by atoms with Gasteiger partial charge in [0.1, 0.15) is 5.82 Å². The third-order valence-corrected chi connectivity index (χ3v) is 7.45. The fourth-order valence-corrected chi connectivity index (χ4v) is 5.01. The van der Waals surface area contributed by atoms with Crippen molar-refractivity contribution in [2.24, 2.45) is 5.92 Å². The van der Waals surface area contributed by atoms with E-state index in [-0.39, 0.29) is 11.9 Å². The molecule has 0 saturated carbocycles. The number of esters is 1. The number of nitrogen functional groups attached to an aromatic ring is 1. The van der Waals surface area contributed by atoms with Gasteiger partial charge in [0.05, 0.1) is 32.4 Å². The van der Waals surface area contributed by atoms with Crippen molar-refractivity contribution in [1.29, 1.82) is 0 Å². The number of fused-ring (bicyclic) bond motifs is 1. The number of anilines is 2. The lowest BCUT2D eigenvalue weighted by atomic mass is 9.96. The molecule has 10 nitrogen and oxygen atoms in total. The molecule has 0 spiro atoms. The molecule has 0 bridgehead atoms. The number of amides is 1. The molecule has 1 aromatic heterocycles. The summed E-state index contributed by atoms with van der Waals surface area (Å²) in [4.78, 5) is 35.9. The van der Waals surface area contributed by atoms with Gasteiger partial charge in [-0.3, -0.25) is 4.79 Å². The van der Waals surface area contributed by atoms with Gasteiger partial charge in [-0.15, -0.1) is 0 Å². The van der Waals surface area contributed by atoms with Crippen molar-refractivity contribution in [3.05, 3.63) is 71.8 Å². The van der Waals surface area contributed by atoms with Gasteiger partial charge in [-0.05, 0) is 60.2 Å². The van der Waals surface area contributed by atoms with E-state index in [1.165, 1.54) is 7.11 Å². The highest BCUT2D eigenvalue weighted by Gasteiger charge is 2.23. The zero-order valence-electron chi connectivity index (χ0n) is 23.3. The van der Waals surface area contributed by atoms with Crippen LogP contribution in [0.3, 0.4) is 0 Å². The minimum atomic E-state index is -0.372. The second kappa shape index (κ2) is 12.1. The number of carbonyl (C=O) groups is 2. The minimum absolute atomic E-state index is 0.102. The zero-order valence-corrected chi connectivity index (χ0v) is 23.3. The van der Waals surface area contributed by atoms with Crippen molar-refractivity contribution in [2.75, 3.05) is 51.6 Å². The van der Waals surface area contributed by atoms with Crippen molar-refractivity contribution in [3.63, 3.8) is 0 Å². The Bertz CT molecular complexity index is 1550. The molecule has 1 saturated heterocycles. The van der Waals surface area contributed by atoms with Crippen LogP contribution in [0.25, 0.3) is 22.0 Å². The summed E-state index contributed by atoms with van der Waals surface area (Å²) in [5.74, 6) is 2.02. The summed E-state index contributed by atoms with van der Waals surface area (Å²) < 4.78 is 15.5. The number of nitrogens with one attached hydrogen (secondary N) is 1. The lowest BCUT2D eigenvalue weighted by Crippen LogP contribution is -2.39. The maximum atomic E-state index is 12.8. The third kappa shape index (κ3) is 6.01. The Kier molecular flexibility index (Phi) is 8.19. The number of ether oxygens (including phenoxy) is 3. The molecule has 2 heterocycles. The number of rotatable bonds is 8. The number of carbonyl (C=O) groups excluding carboxylic acids is 2. The molecule has 0 unspecified atom stereocenters. The number of methoxy groups -OCH3 is 3. The van der Waals surface area contributed by atoms with Crippen LogP contribution < -0.4 is 25.4 Å². The predicted octanol–water partition coefficient (Wildman–Crippen LogP) is 4.33. The Morgan fingerprint density at radius 1 is 0.878 bits per heavy atom. The molecule has 1 amide bonds. The minimum Gasteiger partial charge on any atom is -0.493 e. The van der Waals surface area contributed by atoms with E-state index < -0.39 is 0 Å². The number of nitrogens with two attached hydrogens (primary N) is 1. The molecule has 1 fully saturated rings. The van der Waals surface area contributed by atoms with E-state index in [2.05, 4.69) is 15.2 Å². The Morgan fingerprint density at radius 3 is 2.05 bits per heavy atom. The molecule has 0 atom stereocenters. The molecule has 1 aliphatic rings. The molecule has 0 radical (unpaired) electrons.